The third kappa shape index (κ3) is 2.84. The number of nitrogens with zero attached hydrogens (tertiary/aromatic N) is 2. The molecule has 1 aromatic heterocycles. The summed E-state index contributed by atoms with van der Waals surface area (Å²) in [6, 6.07) is 7.56. The van der Waals surface area contributed by atoms with Gasteiger partial charge in [0.25, 0.3) is 0 Å². The molecule has 0 bridgehead atoms. The van der Waals surface area contributed by atoms with Crippen LogP contribution in [0.1, 0.15) is 13.3 Å². The Hall–Kier alpha value is -1.95. The smallest absolute Gasteiger partial charge is 0.225 e. The van der Waals surface area contributed by atoms with E-state index in [1.807, 2.05) is 24.3 Å². The number of nitrogens with one attached hydrogen (secondary N) is 1. The van der Waals surface area contributed by atoms with Crippen LogP contribution in [0.3, 0.4) is 0 Å². The number of carbonyl (C=O) groups is 1. The Kier molecular flexibility index (Phi) is 3.88. The highest BCUT2D eigenvalue weighted by atomic mass is 32.1. The summed E-state index contributed by atoms with van der Waals surface area (Å²) in [6.45, 7) is 1.79. The fourth-order valence-corrected chi connectivity index (χ4v) is 2.11. The van der Waals surface area contributed by atoms with Crippen LogP contribution >= 0.6 is 11.3 Å². The second-order valence-electron chi connectivity index (χ2n) is 3.55. The second-order valence-corrected chi connectivity index (χ2v) is 4.52. The quantitative estimate of drug-likeness (QED) is 0.920. The average Bonchev–Trinajstić information content (AvgIpc) is 2.87. The molecule has 1 N–H and O–H groups in total. The molecule has 0 unspecified atom stereocenters. The first-order valence-corrected chi connectivity index (χ1v) is 6.32. The summed E-state index contributed by atoms with van der Waals surface area (Å²) >= 11 is 1.34. The molecule has 18 heavy (non-hydrogen) atoms. The standard InChI is InChI=1S/C12H13N3O2S/c1-3-10(16)13-12-15-14-11(18-12)8-5-4-6-9(7-8)17-2/h4-7H,3H2,1-2H3,(H,13,15,16). The van der Waals surface area contributed by atoms with Crippen molar-refractivity contribution >= 4 is 22.4 Å². The highest BCUT2D eigenvalue weighted by Crippen LogP contribution is 2.28. The zero-order chi connectivity index (χ0) is 13.0. The molecular weight excluding hydrogens is 250 g/mol. The van der Waals surface area contributed by atoms with E-state index in [1.165, 1.54) is 11.3 Å². The third-order valence-electron chi connectivity index (χ3n) is 2.31. The van der Waals surface area contributed by atoms with E-state index in [9.17, 15) is 4.79 Å². The Balaban J connectivity index is 2.20. The second kappa shape index (κ2) is 5.59. The molecule has 0 saturated carbocycles. The van der Waals surface area contributed by atoms with E-state index in [-0.39, 0.29) is 5.91 Å². The maximum atomic E-state index is 11.2. The number of carbonyl (C=O) groups excluding carboxylic acids is 1. The zero-order valence-electron chi connectivity index (χ0n) is 10.1. The van der Waals surface area contributed by atoms with E-state index in [0.29, 0.717) is 11.6 Å². The van der Waals surface area contributed by atoms with Crippen LogP contribution in [0.5, 0.6) is 5.75 Å². The molecule has 1 heterocycles. The van der Waals surface area contributed by atoms with Gasteiger partial charge < -0.3 is 10.1 Å². The molecule has 1 amide bonds. The summed E-state index contributed by atoms with van der Waals surface area (Å²) in [5.74, 6) is 0.699. The lowest BCUT2D eigenvalue weighted by Gasteiger charge is -2.00. The number of rotatable bonds is 4. The molecule has 0 aliphatic heterocycles. The first kappa shape index (κ1) is 12.5. The number of ether oxygens (including phenoxy) is 1. The summed E-state index contributed by atoms with van der Waals surface area (Å²) in [6.07, 6.45) is 0.425. The lowest BCUT2D eigenvalue weighted by Crippen LogP contribution is -2.08. The van der Waals surface area contributed by atoms with Crippen LogP contribution in [0.4, 0.5) is 5.13 Å². The third-order valence-corrected chi connectivity index (χ3v) is 3.20. The molecule has 0 radical (unpaired) electrons. The number of hydrogen-bond acceptors (Lipinski definition) is 5. The van der Waals surface area contributed by atoms with E-state index in [4.69, 9.17) is 4.74 Å². The summed E-state index contributed by atoms with van der Waals surface area (Å²) in [5.41, 5.74) is 0.920. The number of amides is 1. The van der Waals surface area contributed by atoms with E-state index < -0.39 is 0 Å². The van der Waals surface area contributed by atoms with Crippen molar-refractivity contribution in [1.29, 1.82) is 0 Å². The van der Waals surface area contributed by atoms with Gasteiger partial charge in [-0.05, 0) is 12.1 Å². The number of aromatic nitrogens is 2. The maximum absolute atomic E-state index is 11.2. The summed E-state index contributed by atoms with van der Waals surface area (Å²) in [5, 5.41) is 11.9. The normalized spacial score (nSPS) is 10.1. The van der Waals surface area contributed by atoms with E-state index in [0.717, 1.165) is 16.3 Å². The van der Waals surface area contributed by atoms with Gasteiger partial charge in [-0.3, -0.25) is 4.79 Å². The van der Waals surface area contributed by atoms with Crippen LogP contribution in [0.25, 0.3) is 10.6 Å². The summed E-state index contributed by atoms with van der Waals surface area (Å²) in [7, 11) is 1.62. The first-order valence-electron chi connectivity index (χ1n) is 5.50. The average molecular weight is 263 g/mol. The largest absolute Gasteiger partial charge is 0.497 e. The van der Waals surface area contributed by atoms with E-state index >= 15 is 0 Å². The molecular formula is C12H13N3O2S. The lowest BCUT2D eigenvalue weighted by molar-refractivity contribution is -0.115. The van der Waals surface area contributed by atoms with Crippen molar-refractivity contribution in [1.82, 2.24) is 10.2 Å². The van der Waals surface area contributed by atoms with Crippen molar-refractivity contribution in [2.75, 3.05) is 12.4 Å². The highest BCUT2D eigenvalue weighted by molar-refractivity contribution is 7.18. The lowest BCUT2D eigenvalue weighted by atomic mass is 10.2. The molecule has 5 nitrogen and oxygen atoms in total. The predicted molar refractivity (Wildman–Crippen MR) is 70.8 cm³/mol. The molecule has 1 aromatic carbocycles. The molecule has 0 atom stereocenters. The molecule has 6 heteroatoms. The number of benzene rings is 1. The van der Waals surface area contributed by atoms with Gasteiger partial charge in [0.05, 0.1) is 7.11 Å². The molecule has 0 fully saturated rings. The van der Waals surface area contributed by atoms with E-state index in [1.54, 1.807) is 14.0 Å². The summed E-state index contributed by atoms with van der Waals surface area (Å²) < 4.78 is 5.15. The van der Waals surface area contributed by atoms with Gasteiger partial charge in [0.1, 0.15) is 10.8 Å². The van der Waals surface area contributed by atoms with Crippen LogP contribution in [-0.4, -0.2) is 23.2 Å². The zero-order valence-corrected chi connectivity index (χ0v) is 11.0. The Bertz CT molecular complexity index is 554. The minimum absolute atomic E-state index is 0.0663. The van der Waals surface area contributed by atoms with Crippen LogP contribution in [0.2, 0.25) is 0 Å². The molecule has 0 aliphatic carbocycles. The monoisotopic (exact) mass is 263 g/mol. The molecule has 2 rings (SSSR count). The summed E-state index contributed by atoms with van der Waals surface area (Å²) in [4.78, 5) is 11.2. The van der Waals surface area contributed by atoms with Gasteiger partial charge in [-0.15, -0.1) is 10.2 Å². The van der Waals surface area contributed by atoms with Crippen LogP contribution in [0.15, 0.2) is 24.3 Å². The number of anilines is 1. The van der Waals surface area contributed by atoms with Gasteiger partial charge in [-0.1, -0.05) is 30.4 Å². The molecule has 94 valence electrons. The van der Waals surface area contributed by atoms with Gasteiger partial charge in [-0.2, -0.15) is 0 Å². The van der Waals surface area contributed by atoms with E-state index in [2.05, 4.69) is 15.5 Å². The Morgan fingerprint density at radius 3 is 3.00 bits per heavy atom. The van der Waals surface area contributed by atoms with Gasteiger partial charge in [0.15, 0.2) is 0 Å². The van der Waals surface area contributed by atoms with Gasteiger partial charge in [0.2, 0.25) is 11.0 Å². The molecule has 0 aliphatic rings. The molecule has 0 spiro atoms. The van der Waals surface area contributed by atoms with Crippen molar-refractivity contribution in [3.8, 4) is 16.3 Å². The minimum atomic E-state index is -0.0663. The molecule has 2 aromatic rings. The van der Waals surface area contributed by atoms with Crippen molar-refractivity contribution < 1.29 is 9.53 Å². The fourth-order valence-electron chi connectivity index (χ4n) is 1.35. The first-order chi connectivity index (χ1) is 8.72. The number of hydrogen-bond donors (Lipinski definition) is 1. The Morgan fingerprint density at radius 2 is 2.28 bits per heavy atom. The minimum Gasteiger partial charge on any atom is -0.497 e. The Morgan fingerprint density at radius 1 is 1.44 bits per heavy atom. The van der Waals surface area contributed by atoms with Crippen molar-refractivity contribution in [3.05, 3.63) is 24.3 Å². The van der Waals surface area contributed by atoms with Crippen molar-refractivity contribution in [2.24, 2.45) is 0 Å². The molecule has 0 saturated heterocycles. The van der Waals surface area contributed by atoms with Gasteiger partial charge in [0, 0.05) is 12.0 Å². The van der Waals surface area contributed by atoms with Crippen LogP contribution in [-0.2, 0) is 4.79 Å². The predicted octanol–water partition coefficient (Wildman–Crippen LogP) is 2.56. The topological polar surface area (TPSA) is 64.1 Å². The van der Waals surface area contributed by atoms with Crippen molar-refractivity contribution in [3.63, 3.8) is 0 Å². The maximum Gasteiger partial charge on any atom is 0.225 e. The van der Waals surface area contributed by atoms with Crippen LogP contribution < -0.4 is 10.1 Å². The SMILES string of the molecule is CCC(=O)Nc1nnc(-c2cccc(OC)c2)s1. The van der Waals surface area contributed by atoms with Crippen LogP contribution in [0, 0.1) is 0 Å². The highest BCUT2D eigenvalue weighted by Gasteiger charge is 2.09. The fraction of sp³-hybridized carbons (Fsp3) is 0.250. The van der Waals surface area contributed by atoms with Gasteiger partial charge in [-0.25, -0.2) is 0 Å². The number of methoxy groups -OCH3 is 1. The van der Waals surface area contributed by atoms with Crippen molar-refractivity contribution in [2.45, 2.75) is 13.3 Å². The van der Waals surface area contributed by atoms with Gasteiger partial charge >= 0.3 is 0 Å². The Labute approximate surface area is 109 Å².